The molecular weight excluding hydrogens is 403 g/mol. The normalized spacial score (nSPS) is 11.0. The quantitative estimate of drug-likeness (QED) is 0.286. The Morgan fingerprint density at radius 1 is 0.852 bits per heavy atom. The summed E-state index contributed by atoms with van der Waals surface area (Å²) in [5, 5.41) is 15.3. The monoisotopic (exact) mass is 425 g/mol. The van der Waals surface area contributed by atoms with Crippen molar-refractivity contribution in [3.05, 3.63) is 60.2 Å². The van der Waals surface area contributed by atoms with Gasteiger partial charge in [0.1, 0.15) is 0 Å². The molecule has 0 amide bonds. The number of hydrogen-bond acceptors (Lipinski definition) is 7. The third-order valence-corrected chi connectivity index (χ3v) is 5.69. The Bertz CT molecular complexity index is 845. The van der Waals surface area contributed by atoms with Gasteiger partial charge in [-0.05, 0) is 0 Å². The Labute approximate surface area is 165 Å². The van der Waals surface area contributed by atoms with Crippen LogP contribution in [0.15, 0.2) is 54.6 Å². The van der Waals surface area contributed by atoms with Crippen LogP contribution in [0.25, 0.3) is 0 Å². The van der Waals surface area contributed by atoms with Crippen molar-refractivity contribution in [3.63, 3.8) is 0 Å². The van der Waals surface area contributed by atoms with E-state index in [9.17, 15) is 0 Å². The Balaban J connectivity index is 1.68. The summed E-state index contributed by atoms with van der Waals surface area (Å²) in [6.07, 6.45) is 0.840. The summed E-state index contributed by atoms with van der Waals surface area (Å²) in [5.41, 5.74) is 7.67. The summed E-state index contributed by atoms with van der Waals surface area (Å²) in [6.45, 7) is 1.12. The molecule has 0 fully saturated rings. The molecule has 2 aromatic carbocycles. The molecule has 1 heterocycles. The number of nitrogens with two attached hydrogens (primary N) is 1. The number of anilines is 3. The number of nitrogens with one attached hydrogen (secondary N) is 2. The van der Waals surface area contributed by atoms with Gasteiger partial charge in [0.2, 0.25) is 0 Å². The average Bonchev–Trinajstić information content (AvgIpc) is 2.69. The van der Waals surface area contributed by atoms with Gasteiger partial charge in [-0.2, -0.15) is 0 Å². The Morgan fingerprint density at radius 3 is 2.19 bits per heavy atom. The summed E-state index contributed by atoms with van der Waals surface area (Å²) in [4.78, 5) is 13.5. The molecule has 0 unspecified atom stereocenters. The van der Waals surface area contributed by atoms with Gasteiger partial charge in [-0.1, -0.05) is 0 Å². The molecule has 0 saturated heterocycles. The van der Waals surface area contributed by atoms with Crippen molar-refractivity contribution >= 4 is 42.3 Å². The molecular formula is C19H22AsN6O. The molecule has 0 aliphatic heterocycles. The zero-order chi connectivity index (χ0) is 18.9. The van der Waals surface area contributed by atoms with Crippen molar-refractivity contribution in [2.45, 2.75) is 6.42 Å². The number of aliphatic hydroxyl groups excluding tert-OH is 1. The summed E-state index contributed by atoms with van der Waals surface area (Å²) >= 11 is -0.338. The fourth-order valence-corrected chi connectivity index (χ4v) is 4.13. The minimum absolute atomic E-state index is 0.0211. The summed E-state index contributed by atoms with van der Waals surface area (Å²) in [6, 6.07) is 18.0. The first kappa shape index (κ1) is 19.1. The third kappa shape index (κ3) is 6.24. The van der Waals surface area contributed by atoms with Crippen molar-refractivity contribution in [1.82, 2.24) is 15.0 Å². The molecule has 5 N–H and O–H groups in total. The van der Waals surface area contributed by atoms with Gasteiger partial charge in [0.05, 0.1) is 0 Å². The van der Waals surface area contributed by atoms with Crippen molar-refractivity contribution < 1.29 is 5.11 Å². The van der Waals surface area contributed by atoms with Gasteiger partial charge >= 0.3 is 165 Å². The number of nitrogen functional groups attached to an aromatic ring is 1. The van der Waals surface area contributed by atoms with Crippen molar-refractivity contribution in [1.29, 1.82) is 0 Å². The van der Waals surface area contributed by atoms with Crippen LogP contribution < -0.4 is 25.3 Å². The number of aromatic nitrogens is 3. The molecule has 0 atom stereocenters. The summed E-state index contributed by atoms with van der Waals surface area (Å²) in [5.74, 6) is 1.03. The molecule has 0 bridgehead atoms. The summed E-state index contributed by atoms with van der Waals surface area (Å²) < 4.78 is 1.99. The van der Waals surface area contributed by atoms with E-state index in [1.807, 2.05) is 42.5 Å². The van der Waals surface area contributed by atoms with E-state index in [0.717, 1.165) is 16.7 Å². The third-order valence-electron chi connectivity index (χ3n) is 3.68. The van der Waals surface area contributed by atoms with E-state index in [-0.39, 0.29) is 22.4 Å². The van der Waals surface area contributed by atoms with E-state index in [2.05, 4.69) is 37.7 Å². The van der Waals surface area contributed by atoms with Gasteiger partial charge in [-0.25, -0.2) is 0 Å². The first-order valence-electron chi connectivity index (χ1n) is 8.69. The van der Waals surface area contributed by atoms with Crippen LogP contribution in [0.3, 0.4) is 0 Å². The van der Waals surface area contributed by atoms with Crippen LogP contribution in [-0.2, 0) is 6.42 Å². The van der Waals surface area contributed by atoms with E-state index < -0.39 is 0 Å². The molecule has 27 heavy (non-hydrogen) atoms. The molecule has 0 aliphatic rings. The number of aliphatic hydroxyl groups is 1. The number of hydrogen-bond donors (Lipinski definition) is 4. The maximum atomic E-state index is 9.04. The molecule has 7 nitrogen and oxygen atoms in total. The molecule has 1 aromatic heterocycles. The van der Waals surface area contributed by atoms with Crippen molar-refractivity contribution in [3.8, 4) is 0 Å². The summed E-state index contributed by atoms with van der Waals surface area (Å²) in [7, 11) is 0. The first-order chi connectivity index (χ1) is 13.2. The van der Waals surface area contributed by atoms with Gasteiger partial charge < -0.3 is 0 Å². The molecule has 0 spiro atoms. The van der Waals surface area contributed by atoms with Crippen molar-refractivity contribution in [2.24, 2.45) is 0 Å². The zero-order valence-electron chi connectivity index (χ0n) is 14.8. The fraction of sp³-hybridized carbons (Fsp3) is 0.211. The predicted octanol–water partition coefficient (Wildman–Crippen LogP) is 0.168. The van der Waals surface area contributed by atoms with Gasteiger partial charge in [0, 0.05) is 0 Å². The van der Waals surface area contributed by atoms with Gasteiger partial charge in [-0.3, -0.25) is 0 Å². The van der Waals surface area contributed by atoms with E-state index >= 15 is 0 Å². The first-order valence-corrected chi connectivity index (χ1v) is 10.6. The Morgan fingerprint density at radius 2 is 1.52 bits per heavy atom. The molecule has 139 valence electrons. The Kier molecular flexibility index (Phi) is 7.02. The van der Waals surface area contributed by atoms with E-state index in [4.69, 9.17) is 10.8 Å². The van der Waals surface area contributed by atoms with Crippen molar-refractivity contribution in [2.75, 3.05) is 36.1 Å². The number of benzene rings is 2. The Hall–Kier alpha value is -2.63. The van der Waals surface area contributed by atoms with Crippen LogP contribution in [0.4, 0.5) is 17.6 Å². The molecule has 0 aliphatic carbocycles. The second-order valence-corrected chi connectivity index (χ2v) is 8.19. The average molecular weight is 425 g/mol. The molecule has 0 saturated carbocycles. The number of rotatable bonds is 9. The zero-order valence-corrected chi connectivity index (χ0v) is 16.7. The van der Waals surface area contributed by atoms with E-state index in [1.165, 1.54) is 9.91 Å². The van der Waals surface area contributed by atoms with Gasteiger partial charge in [0.25, 0.3) is 0 Å². The maximum absolute atomic E-state index is 9.04. The van der Waals surface area contributed by atoms with Crippen LogP contribution in [0, 0.1) is 0 Å². The van der Waals surface area contributed by atoms with Crippen LogP contribution >= 0.6 is 0 Å². The topological polar surface area (TPSA) is 109 Å². The van der Waals surface area contributed by atoms with Crippen LogP contribution in [0.5, 0.6) is 0 Å². The molecule has 3 aromatic rings. The second-order valence-electron chi connectivity index (χ2n) is 5.80. The number of nitrogens with zero attached hydrogens (tertiary/aromatic N) is 3. The van der Waals surface area contributed by atoms with Crippen LogP contribution in [0.2, 0.25) is 0 Å². The minimum atomic E-state index is -0.338. The molecule has 1 radical (unpaired) electrons. The van der Waals surface area contributed by atoms with Crippen LogP contribution in [0.1, 0.15) is 5.56 Å². The van der Waals surface area contributed by atoms with Gasteiger partial charge in [0.15, 0.2) is 0 Å². The fourth-order valence-electron chi connectivity index (χ4n) is 2.36. The predicted molar refractivity (Wildman–Crippen MR) is 110 cm³/mol. The van der Waals surface area contributed by atoms with E-state index in [1.54, 1.807) is 0 Å². The van der Waals surface area contributed by atoms with Gasteiger partial charge in [-0.15, -0.1) is 0 Å². The standard InChI is InChI=1S/C19H22AsN6O/c21-16-8-6-14(7-9-16)10-11-22-18-24-17(20-15-4-2-1-3-5-15)25-19(26-18)23-12-13-27/h1-9,27H,10-13,21H2,(H2,22,23,24,25,26). The van der Waals surface area contributed by atoms with Crippen LogP contribution in [-0.4, -0.2) is 55.5 Å². The SMILES string of the molecule is Nc1ccc(CCNc2nc(NCCO)nc([As]c3ccccc3)n2)cc1. The van der Waals surface area contributed by atoms with E-state index in [0.29, 0.717) is 25.0 Å². The molecule has 3 rings (SSSR count). The molecule has 8 heteroatoms. The second kappa shape index (κ2) is 9.90.